The van der Waals surface area contributed by atoms with E-state index < -0.39 is 0 Å². The van der Waals surface area contributed by atoms with Gasteiger partial charge >= 0.3 is 0 Å². The Morgan fingerprint density at radius 2 is 2.18 bits per heavy atom. The van der Waals surface area contributed by atoms with Crippen LogP contribution in [0, 0.1) is 0 Å². The normalized spacial score (nSPS) is 16.4. The molecule has 2 rings (SSSR count). The van der Waals surface area contributed by atoms with Crippen LogP contribution in [0.15, 0.2) is 12.5 Å². The molecule has 1 heterocycles. The van der Waals surface area contributed by atoms with Crippen LogP contribution >= 0.6 is 0 Å². The molecule has 0 atom stereocenters. The Labute approximate surface area is 103 Å². The van der Waals surface area contributed by atoms with Gasteiger partial charge in [-0.2, -0.15) is 0 Å². The maximum atomic E-state index is 6.20. The Kier molecular flexibility index (Phi) is 3.84. The number of rotatable bonds is 7. The highest BCUT2D eigenvalue weighted by Gasteiger charge is 2.25. The molecule has 0 saturated heterocycles. The monoisotopic (exact) mass is 237 g/mol. The highest BCUT2D eigenvalue weighted by Crippen LogP contribution is 2.35. The molecule has 1 aliphatic carbocycles. The number of aromatic nitrogens is 2. The Balaban J connectivity index is 1.83. The van der Waals surface area contributed by atoms with Gasteiger partial charge in [0.25, 0.3) is 0 Å². The molecule has 0 unspecified atom stereocenters. The molecule has 96 valence electrons. The van der Waals surface area contributed by atoms with Gasteiger partial charge in [-0.3, -0.25) is 0 Å². The number of nitrogens with zero attached hydrogens (tertiary/aromatic N) is 2. The molecule has 0 radical (unpaired) electrons. The lowest BCUT2D eigenvalue weighted by atomic mass is 9.96. The van der Waals surface area contributed by atoms with Crippen LogP contribution in [0.1, 0.15) is 51.3 Å². The summed E-state index contributed by atoms with van der Waals surface area (Å²) in [4.78, 5) is 4.19. The van der Waals surface area contributed by atoms with Crippen molar-refractivity contribution in [1.82, 2.24) is 9.55 Å². The van der Waals surface area contributed by atoms with Crippen molar-refractivity contribution in [2.24, 2.45) is 5.73 Å². The molecule has 4 nitrogen and oxygen atoms in total. The van der Waals surface area contributed by atoms with E-state index in [-0.39, 0.29) is 5.54 Å². The number of imidazole rings is 1. The van der Waals surface area contributed by atoms with E-state index in [4.69, 9.17) is 10.5 Å². The Morgan fingerprint density at radius 1 is 1.47 bits per heavy atom. The van der Waals surface area contributed by atoms with Crippen LogP contribution in [0.3, 0.4) is 0 Å². The first kappa shape index (κ1) is 12.6. The molecular formula is C13H23N3O. The highest BCUT2D eigenvalue weighted by molar-refractivity contribution is 5.02. The van der Waals surface area contributed by atoms with Gasteiger partial charge < -0.3 is 15.0 Å². The lowest BCUT2D eigenvalue weighted by Gasteiger charge is -2.26. The Morgan fingerprint density at radius 3 is 2.76 bits per heavy atom. The minimum absolute atomic E-state index is 0.176. The summed E-state index contributed by atoms with van der Waals surface area (Å²) in [6, 6.07) is 0.663. The maximum absolute atomic E-state index is 6.20. The van der Waals surface area contributed by atoms with Crippen LogP contribution in [-0.4, -0.2) is 21.7 Å². The summed E-state index contributed by atoms with van der Waals surface area (Å²) in [6.45, 7) is 5.47. The molecule has 17 heavy (non-hydrogen) atoms. The summed E-state index contributed by atoms with van der Waals surface area (Å²) in [5, 5.41) is 0. The van der Waals surface area contributed by atoms with E-state index in [9.17, 15) is 0 Å². The lowest BCUT2D eigenvalue weighted by molar-refractivity contribution is 0.0661. The Bertz CT molecular complexity index is 353. The average Bonchev–Trinajstić information content (AvgIpc) is 3.09. The molecule has 1 saturated carbocycles. The second-order valence-electron chi connectivity index (χ2n) is 5.09. The molecule has 4 heteroatoms. The molecule has 0 amide bonds. The van der Waals surface area contributed by atoms with Crippen LogP contribution in [0.5, 0.6) is 0 Å². The fourth-order valence-electron chi connectivity index (χ4n) is 1.94. The summed E-state index contributed by atoms with van der Waals surface area (Å²) in [7, 11) is 0. The lowest BCUT2D eigenvalue weighted by Crippen LogP contribution is -2.43. The molecule has 1 aromatic rings. The van der Waals surface area contributed by atoms with Gasteiger partial charge in [0.1, 0.15) is 0 Å². The van der Waals surface area contributed by atoms with Crippen LogP contribution in [0.4, 0.5) is 0 Å². The fraction of sp³-hybridized carbons (Fsp3) is 0.769. The average molecular weight is 237 g/mol. The zero-order valence-electron chi connectivity index (χ0n) is 10.9. The van der Waals surface area contributed by atoms with Crippen molar-refractivity contribution in [3.8, 4) is 0 Å². The van der Waals surface area contributed by atoms with Gasteiger partial charge in [-0.15, -0.1) is 0 Å². The van der Waals surface area contributed by atoms with Crippen molar-refractivity contribution in [1.29, 1.82) is 0 Å². The number of hydrogen-bond acceptors (Lipinski definition) is 3. The summed E-state index contributed by atoms with van der Waals surface area (Å²) in [5.41, 5.74) is 7.19. The maximum Gasteiger partial charge on any atom is 0.0951 e. The van der Waals surface area contributed by atoms with Gasteiger partial charge in [0.2, 0.25) is 0 Å². The molecule has 0 bridgehead atoms. The van der Waals surface area contributed by atoms with Crippen molar-refractivity contribution in [3.63, 3.8) is 0 Å². The molecule has 1 aliphatic rings. The SMILES string of the molecule is CCC(N)(CC)COCc1cncn1C1CC1. The summed E-state index contributed by atoms with van der Waals surface area (Å²) in [5.74, 6) is 0. The van der Waals surface area contributed by atoms with Gasteiger partial charge in [0.15, 0.2) is 0 Å². The molecule has 1 aromatic heterocycles. The van der Waals surface area contributed by atoms with E-state index in [2.05, 4.69) is 23.4 Å². The van der Waals surface area contributed by atoms with E-state index >= 15 is 0 Å². The van der Waals surface area contributed by atoms with Gasteiger partial charge in [0, 0.05) is 11.6 Å². The van der Waals surface area contributed by atoms with Gasteiger partial charge in [-0.25, -0.2) is 4.98 Å². The molecule has 0 aliphatic heterocycles. The van der Waals surface area contributed by atoms with Crippen molar-refractivity contribution in [2.45, 2.75) is 57.7 Å². The second kappa shape index (κ2) is 5.19. The minimum Gasteiger partial charge on any atom is -0.373 e. The highest BCUT2D eigenvalue weighted by atomic mass is 16.5. The summed E-state index contributed by atoms with van der Waals surface area (Å²) in [6.07, 6.45) is 8.25. The second-order valence-corrected chi connectivity index (χ2v) is 5.09. The van der Waals surface area contributed by atoms with E-state index in [1.54, 1.807) is 0 Å². The van der Waals surface area contributed by atoms with E-state index in [0.717, 1.165) is 12.8 Å². The van der Waals surface area contributed by atoms with Gasteiger partial charge in [-0.05, 0) is 25.7 Å². The Hall–Kier alpha value is -0.870. The molecule has 2 N–H and O–H groups in total. The predicted molar refractivity (Wildman–Crippen MR) is 67.7 cm³/mol. The molecule has 0 spiro atoms. The van der Waals surface area contributed by atoms with Crippen LogP contribution in [-0.2, 0) is 11.3 Å². The van der Waals surface area contributed by atoms with Crippen molar-refractivity contribution >= 4 is 0 Å². The quantitative estimate of drug-likeness (QED) is 0.791. The first-order valence-corrected chi connectivity index (χ1v) is 6.56. The summed E-state index contributed by atoms with van der Waals surface area (Å²) < 4.78 is 7.99. The van der Waals surface area contributed by atoms with E-state index in [1.807, 2.05) is 12.5 Å². The third-order valence-electron chi connectivity index (χ3n) is 3.73. The number of hydrogen-bond donors (Lipinski definition) is 1. The van der Waals surface area contributed by atoms with Crippen LogP contribution in [0.2, 0.25) is 0 Å². The molecule has 0 aromatic carbocycles. The van der Waals surface area contributed by atoms with Crippen LogP contribution < -0.4 is 5.73 Å². The minimum atomic E-state index is -0.176. The zero-order valence-corrected chi connectivity index (χ0v) is 10.9. The topological polar surface area (TPSA) is 53.1 Å². The first-order valence-electron chi connectivity index (χ1n) is 6.56. The zero-order chi connectivity index (χ0) is 12.3. The standard InChI is InChI=1S/C13H23N3O/c1-3-13(14,4-2)9-17-8-12-7-15-10-16(12)11-5-6-11/h7,10-11H,3-6,8-9,14H2,1-2H3. The third kappa shape index (κ3) is 3.07. The van der Waals surface area contributed by atoms with E-state index in [1.165, 1.54) is 18.5 Å². The largest absolute Gasteiger partial charge is 0.373 e. The predicted octanol–water partition coefficient (Wildman–Crippen LogP) is 2.25. The number of nitrogens with two attached hydrogens (primary N) is 1. The fourth-order valence-corrected chi connectivity index (χ4v) is 1.94. The van der Waals surface area contributed by atoms with Gasteiger partial charge in [0.05, 0.1) is 31.4 Å². The molecule has 1 fully saturated rings. The smallest absolute Gasteiger partial charge is 0.0951 e. The van der Waals surface area contributed by atoms with Crippen molar-refractivity contribution in [2.75, 3.05) is 6.61 Å². The van der Waals surface area contributed by atoms with Gasteiger partial charge in [-0.1, -0.05) is 13.8 Å². The van der Waals surface area contributed by atoms with Crippen molar-refractivity contribution in [3.05, 3.63) is 18.2 Å². The number of ether oxygens (including phenoxy) is 1. The third-order valence-corrected chi connectivity index (χ3v) is 3.73. The first-order chi connectivity index (χ1) is 8.18. The van der Waals surface area contributed by atoms with Crippen LogP contribution in [0.25, 0.3) is 0 Å². The molecular weight excluding hydrogens is 214 g/mol. The summed E-state index contributed by atoms with van der Waals surface area (Å²) >= 11 is 0. The van der Waals surface area contributed by atoms with E-state index in [0.29, 0.717) is 19.3 Å². The van der Waals surface area contributed by atoms with Crippen molar-refractivity contribution < 1.29 is 4.74 Å².